The number of carbonyl (C=O) groups excluding carboxylic acids is 4. The van der Waals surface area contributed by atoms with Gasteiger partial charge in [-0.05, 0) is 5.56 Å². The van der Waals surface area contributed by atoms with Gasteiger partial charge in [-0.15, -0.1) is 0 Å². The Morgan fingerprint density at radius 3 is 2.03 bits per heavy atom. The minimum atomic E-state index is -1.29. The second kappa shape index (κ2) is 11.4. The molecule has 1 aromatic rings. The predicted molar refractivity (Wildman–Crippen MR) is 97.7 cm³/mol. The number of hydrogen-bond donors (Lipinski definition) is 1. The molecule has 0 aromatic heterocycles. The van der Waals surface area contributed by atoms with E-state index >= 15 is 0 Å². The molecule has 0 saturated heterocycles. The van der Waals surface area contributed by atoms with Gasteiger partial charge in [-0.2, -0.15) is 0 Å². The second-order valence-corrected chi connectivity index (χ2v) is 5.88. The van der Waals surface area contributed by atoms with Crippen LogP contribution in [0.2, 0.25) is 0 Å². The van der Waals surface area contributed by atoms with Crippen LogP contribution >= 0.6 is 0 Å². The van der Waals surface area contributed by atoms with E-state index in [0.29, 0.717) is 5.56 Å². The van der Waals surface area contributed by atoms with Crippen LogP contribution in [0.25, 0.3) is 0 Å². The van der Waals surface area contributed by atoms with Crippen molar-refractivity contribution in [2.45, 2.75) is 31.2 Å². The highest BCUT2D eigenvalue weighted by Crippen LogP contribution is 2.27. The van der Waals surface area contributed by atoms with E-state index < -0.39 is 40.7 Å². The van der Waals surface area contributed by atoms with E-state index in [1.807, 2.05) is 0 Å². The summed E-state index contributed by atoms with van der Waals surface area (Å²) in [5.41, 5.74) is 0.201. The number of amides is 1. The van der Waals surface area contributed by atoms with E-state index in [1.165, 1.54) is 31.4 Å². The number of carbonyl (C=O) groups is 4. The Balaban J connectivity index is 3.17. The third-order valence-electron chi connectivity index (χ3n) is 4.10. The number of hydrogen-bond acceptors (Lipinski definition) is 9. The number of nitrogens with zero attached hydrogens (tertiary/aromatic N) is 1. The van der Waals surface area contributed by atoms with Crippen LogP contribution < -0.4 is 5.32 Å². The van der Waals surface area contributed by atoms with Crippen LogP contribution in [0.3, 0.4) is 0 Å². The van der Waals surface area contributed by atoms with Crippen LogP contribution in [0.15, 0.2) is 24.3 Å². The molecule has 1 amide bonds. The molecule has 0 heterocycles. The lowest BCUT2D eigenvalue weighted by atomic mass is 9.88. The molecule has 0 saturated carbocycles. The third-order valence-corrected chi connectivity index (χ3v) is 4.10. The maximum Gasteiger partial charge on any atom is 0.329 e. The Kier molecular flexibility index (Phi) is 9.23. The summed E-state index contributed by atoms with van der Waals surface area (Å²) in [6.07, 6.45) is -0.744. The van der Waals surface area contributed by atoms with Crippen LogP contribution in [-0.4, -0.2) is 56.1 Å². The van der Waals surface area contributed by atoms with Gasteiger partial charge in [0.25, 0.3) is 5.69 Å². The predicted octanol–water partition coefficient (Wildman–Crippen LogP) is 0.853. The van der Waals surface area contributed by atoms with Gasteiger partial charge in [0.15, 0.2) is 0 Å². The maximum absolute atomic E-state index is 12.3. The zero-order valence-corrected chi connectivity index (χ0v) is 16.2. The average Bonchev–Trinajstić information content (AvgIpc) is 2.73. The number of ether oxygens (including phenoxy) is 3. The number of nitro groups is 1. The molecule has 0 unspecified atom stereocenters. The molecule has 11 heteroatoms. The SMILES string of the molecule is COC(=O)CCC(=O)N[C@@H](C(=O)OC)[C@H](CC(=O)OC)c1ccc([N+](=O)[O-])cc1. The van der Waals surface area contributed by atoms with E-state index in [0.717, 1.165) is 14.2 Å². The fraction of sp³-hybridized carbons (Fsp3) is 0.444. The zero-order chi connectivity index (χ0) is 22.0. The lowest BCUT2D eigenvalue weighted by molar-refractivity contribution is -0.384. The van der Waals surface area contributed by atoms with E-state index in [2.05, 4.69) is 14.8 Å². The van der Waals surface area contributed by atoms with Crippen molar-refractivity contribution >= 4 is 29.5 Å². The van der Waals surface area contributed by atoms with E-state index in [9.17, 15) is 29.3 Å². The van der Waals surface area contributed by atoms with Gasteiger partial charge < -0.3 is 19.5 Å². The van der Waals surface area contributed by atoms with Crippen LogP contribution in [0.4, 0.5) is 5.69 Å². The Labute approximate surface area is 166 Å². The van der Waals surface area contributed by atoms with Gasteiger partial charge in [-0.3, -0.25) is 24.5 Å². The zero-order valence-electron chi connectivity index (χ0n) is 16.2. The summed E-state index contributed by atoms with van der Waals surface area (Å²) < 4.78 is 13.8. The Hall–Kier alpha value is -3.50. The summed E-state index contributed by atoms with van der Waals surface area (Å²) in [6, 6.07) is 3.90. The smallest absolute Gasteiger partial charge is 0.329 e. The summed E-state index contributed by atoms with van der Waals surface area (Å²) in [5, 5.41) is 13.3. The van der Waals surface area contributed by atoms with Crippen molar-refractivity contribution in [1.82, 2.24) is 5.32 Å². The van der Waals surface area contributed by atoms with Crippen LogP contribution in [-0.2, 0) is 33.4 Å². The van der Waals surface area contributed by atoms with Gasteiger partial charge in [-0.1, -0.05) is 12.1 Å². The minimum absolute atomic E-state index is 0.178. The quantitative estimate of drug-likeness (QED) is 0.256. The van der Waals surface area contributed by atoms with E-state index in [1.54, 1.807) is 0 Å². The van der Waals surface area contributed by atoms with Crippen molar-refractivity contribution in [1.29, 1.82) is 0 Å². The van der Waals surface area contributed by atoms with Crippen molar-refractivity contribution in [3.8, 4) is 0 Å². The first-order valence-electron chi connectivity index (χ1n) is 8.48. The topological polar surface area (TPSA) is 151 Å². The van der Waals surface area contributed by atoms with E-state index in [4.69, 9.17) is 4.74 Å². The first-order chi connectivity index (χ1) is 13.7. The number of methoxy groups -OCH3 is 3. The molecule has 1 aromatic carbocycles. The molecule has 0 bridgehead atoms. The number of benzene rings is 1. The first-order valence-corrected chi connectivity index (χ1v) is 8.48. The van der Waals surface area contributed by atoms with Gasteiger partial charge in [0.1, 0.15) is 6.04 Å². The second-order valence-electron chi connectivity index (χ2n) is 5.88. The fourth-order valence-electron chi connectivity index (χ4n) is 2.55. The number of esters is 3. The molecule has 0 spiro atoms. The molecule has 1 rings (SSSR count). The van der Waals surface area contributed by atoms with Gasteiger partial charge >= 0.3 is 17.9 Å². The lowest BCUT2D eigenvalue weighted by Gasteiger charge is -2.25. The van der Waals surface area contributed by atoms with Crippen molar-refractivity contribution in [3.05, 3.63) is 39.9 Å². The van der Waals surface area contributed by atoms with Crippen molar-refractivity contribution in [2.24, 2.45) is 0 Å². The van der Waals surface area contributed by atoms with Gasteiger partial charge in [0.05, 0.1) is 39.1 Å². The molecule has 2 atom stereocenters. The molecule has 0 fully saturated rings. The molecular weight excluding hydrogens is 388 g/mol. The standard InChI is InChI=1S/C18H22N2O9/c1-27-15(22)9-8-14(21)19-17(18(24)29-3)13(10-16(23)28-2)11-4-6-12(7-5-11)20(25)26/h4-7,13,17H,8-10H2,1-3H3,(H,19,21)/t13-,17-/m1/s1. The van der Waals surface area contributed by atoms with Gasteiger partial charge in [0, 0.05) is 24.5 Å². The molecule has 0 aliphatic rings. The van der Waals surface area contributed by atoms with Crippen LogP contribution in [0.1, 0.15) is 30.7 Å². The average molecular weight is 410 g/mol. The molecule has 29 heavy (non-hydrogen) atoms. The number of nitrogens with one attached hydrogen (secondary N) is 1. The van der Waals surface area contributed by atoms with Gasteiger partial charge in [-0.25, -0.2) is 4.79 Å². The molecule has 0 radical (unpaired) electrons. The largest absolute Gasteiger partial charge is 0.469 e. The number of nitro benzene ring substituents is 1. The first kappa shape index (κ1) is 23.5. The Morgan fingerprint density at radius 1 is 0.966 bits per heavy atom. The highest BCUT2D eigenvalue weighted by Gasteiger charge is 2.34. The monoisotopic (exact) mass is 410 g/mol. The summed E-state index contributed by atoms with van der Waals surface area (Å²) in [6.45, 7) is 0. The summed E-state index contributed by atoms with van der Waals surface area (Å²) in [5.74, 6) is -3.65. The van der Waals surface area contributed by atoms with Crippen LogP contribution in [0.5, 0.6) is 0 Å². The summed E-state index contributed by atoms with van der Waals surface area (Å²) in [4.78, 5) is 57.8. The molecule has 0 aliphatic heterocycles. The molecule has 158 valence electrons. The number of rotatable bonds is 10. The van der Waals surface area contributed by atoms with Crippen molar-refractivity contribution in [3.63, 3.8) is 0 Å². The fourth-order valence-corrected chi connectivity index (χ4v) is 2.55. The molecule has 11 nitrogen and oxygen atoms in total. The Bertz CT molecular complexity index is 761. The number of non-ortho nitro benzene ring substituents is 1. The normalized spacial score (nSPS) is 12.2. The summed E-state index contributed by atoms with van der Waals surface area (Å²) in [7, 11) is 3.46. The molecule has 1 N–H and O–H groups in total. The van der Waals surface area contributed by atoms with Crippen molar-refractivity contribution < 1.29 is 38.3 Å². The van der Waals surface area contributed by atoms with E-state index in [-0.39, 0.29) is 24.9 Å². The highest BCUT2D eigenvalue weighted by molar-refractivity contribution is 5.87. The van der Waals surface area contributed by atoms with Gasteiger partial charge in [0.2, 0.25) is 5.91 Å². The highest BCUT2D eigenvalue weighted by atomic mass is 16.6. The molecule has 0 aliphatic carbocycles. The maximum atomic E-state index is 12.3. The molecular formula is C18H22N2O9. The summed E-state index contributed by atoms with van der Waals surface area (Å²) >= 11 is 0. The van der Waals surface area contributed by atoms with Crippen LogP contribution in [0, 0.1) is 10.1 Å². The minimum Gasteiger partial charge on any atom is -0.469 e. The Morgan fingerprint density at radius 2 is 1.55 bits per heavy atom. The lowest BCUT2D eigenvalue weighted by Crippen LogP contribution is -2.46. The third kappa shape index (κ3) is 7.20. The van der Waals surface area contributed by atoms with Crippen molar-refractivity contribution in [2.75, 3.05) is 21.3 Å².